The van der Waals surface area contributed by atoms with Crippen molar-refractivity contribution in [2.45, 2.75) is 19.5 Å². The molecular weight excluding hydrogens is 391 g/mol. The van der Waals surface area contributed by atoms with E-state index in [9.17, 15) is 9.18 Å². The fourth-order valence-electron chi connectivity index (χ4n) is 3.89. The minimum Gasteiger partial charge on any atom is -0.361 e. The Morgan fingerprint density at radius 3 is 2.83 bits per heavy atom. The molecule has 5 rings (SSSR count). The smallest absolute Gasteiger partial charge is 0.255 e. The molecule has 0 unspecified atom stereocenters. The Bertz CT molecular complexity index is 1260. The van der Waals surface area contributed by atoms with E-state index in [1.54, 1.807) is 18.2 Å². The first-order chi connectivity index (χ1) is 14.1. The molecule has 0 bridgehead atoms. The predicted molar refractivity (Wildman–Crippen MR) is 111 cm³/mol. The third-order valence-corrected chi connectivity index (χ3v) is 5.64. The standard InChI is InChI=1S/C22H18ClFN4O/c23-15-3-1-13(2-4-15)21-26-19-7-8-28(12-18(19)22(29)27-21)11-14-10-25-20-9-16(24)5-6-17(14)20/h1-6,9-10,25H,7-8,11-12H2,(H,26,27,29). The molecule has 0 saturated heterocycles. The van der Waals surface area contributed by atoms with Crippen LogP contribution >= 0.6 is 11.6 Å². The zero-order valence-electron chi connectivity index (χ0n) is 15.5. The van der Waals surface area contributed by atoms with Gasteiger partial charge in [-0.15, -0.1) is 0 Å². The second-order valence-corrected chi connectivity index (χ2v) is 7.75. The molecule has 3 heterocycles. The average Bonchev–Trinajstić information content (AvgIpc) is 3.10. The van der Waals surface area contributed by atoms with E-state index in [1.165, 1.54) is 12.1 Å². The number of nitrogens with one attached hydrogen (secondary N) is 2. The molecule has 5 nitrogen and oxygen atoms in total. The van der Waals surface area contributed by atoms with Gasteiger partial charge in [0.15, 0.2) is 0 Å². The van der Waals surface area contributed by atoms with E-state index < -0.39 is 0 Å². The first-order valence-corrected chi connectivity index (χ1v) is 9.80. The van der Waals surface area contributed by atoms with Gasteiger partial charge >= 0.3 is 0 Å². The van der Waals surface area contributed by atoms with Crippen LogP contribution in [0.25, 0.3) is 22.3 Å². The molecule has 2 aromatic carbocycles. The van der Waals surface area contributed by atoms with Crippen LogP contribution in [0, 0.1) is 5.82 Å². The molecule has 0 aliphatic carbocycles. The van der Waals surface area contributed by atoms with Gasteiger partial charge in [-0.05, 0) is 48.0 Å². The van der Waals surface area contributed by atoms with Gasteiger partial charge in [0.25, 0.3) is 5.56 Å². The maximum atomic E-state index is 13.4. The van der Waals surface area contributed by atoms with Crippen LogP contribution in [0.5, 0.6) is 0 Å². The Morgan fingerprint density at radius 2 is 2.00 bits per heavy atom. The molecule has 0 radical (unpaired) electrons. The Morgan fingerprint density at radius 1 is 1.17 bits per heavy atom. The van der Waals surface area contributed by atoms with E-state index in [1.807, 2.05) is 18.3 Å². The number of halogens is 2. The molecule has 0 amide bonds. The summed E-state index contributed by atoms with van der Waals surface area (Å²) in [4.78, 5) is 25.7. The second kappa shape index (κ2) is 7.13. The molecule has 29 heavy (non-hydrogen) atoms. The maximum Gasteiger partial charge on any atom is 0.255 e. The number of aromatic amines is 2. The molecule has 0 saturated carbocycles. The highest BCUT2D eigenvalue weighted by Gasteiger charge is 2.22. The number of hydrogen-bond donors (Lipinski definition) is 2. The minimum absolute atomic E-state index is 0.106. The fourth-order valence-corrected chi connectivity index (χ4v) is 4.02. The number of rotatable bonds is 3. The number of aromatic nitrogens is 3. The van der Waals surface area contributed by atoms with Crippen molar-refractivity contribution in [3.8, 4) is 11.4 Å². The van der Waals surface area contributed by atoms with Crippen LogP contribution in [0.15, 0.2) is 53.5 Å². The van der Waals surface area contributed by atoms with Gasteiger partial charge in [0.1, 0.15) is 11.6 Å². The van der Waals surface area contributed by atoms with Crippen LogP contribution in [0.1, 0.15) is 16.8 Å². The average molecular weight is 409 g/mol. The van der Waals surface area contributed by atoms with Crippen molar-refractivity contribution in [2.75, 3.05) is 6.54 Å². The predicted octanol–water partition coefficient (Wildman–Crippen LogP) is 4.27. The van der Waals surface area contributed by atoms with Crippen LogP contribution in [0.3, 0.4) is 0 Å². The molecule has 2 aromatic heterocycles. The summed E-state index contributed by atoms with van der Waals surface area (Å²) in [5.74, 6) is 0.310. The van der Waals surface area contributed by atoms with Gasteiger partial charge in [-0.1, -0.05) is 11.6 Å². The number of H-pyrrole nitrogens is 2. The van der Waals surface area contributed by atoms with Crippen molar-refractivity contribution in [1.29, 1.82) is 0 Å². The lowest BCUT2D eigenvalue weighted by atomic mass is 10.0. The van der Waals surface area contributed by atoms with Gasteiger partial charge in [0, 0.05) is 53.7 Å². The molecule has 2 N–H and O–H groups in total. The maximum absolute atomic E-state index is 13.4. The summed E-state index contributed by atoms with van der Waals surface area (Å²) in [5.41, 5.74) is 4.15. The highest BCUT2D eigenvalue weighted by Crippen LogP contribution is 2.24. The zero-order chi connectivity index (χ0) is 20.0. The van der Waals surface area contributed by atoms with Gasteiger partial charge < -0.3 is 9.97 Å². The van der Waals surface area contributed by atoms with Crippen molar-refractivity contribution < 1.29 is 4.39 Å². The van der Waals surface area contributed by atoms with E-state index in [4.69, 9.17) is 16.6 Å². The normalized spacial score (nSPS) is 14.3. The number of hydrogen-bond acceptors (Lipinski definition) is 3. The highest BCUT2D eigenvalue weighted by molar-refractivity contribution is 6.30. The monoisotopic (exact) mass is 408 g/mol. The van der Waals surface area contributed by atoms with Gasteiger partial charge in [0.05, 0.1) is 11.3 Å². The van der Waals surface area contributed by atoms with E-state index in [-0.39, 0.29) is 11.4 Å². The molecule has 4 aromatic rings. The summed E-state index contributed by atoms with van der Waals surface area (Å²) in [7, 11) is 0. The SMILES string of the molecule is O=c1[nH]c(-c2ccc(Cl)cc2)nc2c1CN(Cc1c[nH]c3cc(F)ccc13)CC2. The van der Waals surface area contributed by atoms with Crippen molar-refractivity contribution in [3.63, 3.8) is 0 Å². The van der Waals surface area contributed by atoms with Gasteiger partial charge in [-0.2, -0.15) is 0 Å². The lowest BCUT2D eigenvalue weighted by Crippen LogP contribution is -2.35. The summed E-state index contributed by atoms with van der Waals surface area (Å²) in [6, 6.07) is 12.0. The Hall–Kier alpha value is -2.96. The van der Waals surface area contributed by atoms with Gasteiger partial charge in [-0.25, -0.2) is 9.37 Å². The van der Waals surface area contributed by atoms with E-state index >= 15 is 0 Å². The zero-order valence-corrected chi connectivity index (χ0v) is 16.3. The lowest BCUT2D eigenvalue weighted by molar-refractivity contribution is 0.242. The third kappa shape index (κ3) is 3.45. The number of nitrogens with zero attached hydrogens (tertiary/aromatic N) is 2. The van der Waals surface area contributed by atoms with Gasteiger partial charge in [-0.3, -0.25) is 9.69 Å². The van der Waals surface area contributed by atoms with E-state index in [0.717, 1.165) is 34.3 Å². The minimum atomic E-state index is -0.258. The van der Waals surface area contributed by atoms with Crippen LogP contribution in [-0.2, 0) is 19.5 Å². The topological polar surface area (TPSA) is 64.8 Å². The summed E-state index contributed by atoms with van der Waals surface area (Å²) in [5, 5.41) is 1.65. The molecule has 1 aliphatic heterocycles. The quantitative estimate of drug-likeness (QED) is 0.532. The molecule has 7 heteroatoms. The first-order valence-electron chi connectivity index (χ1n) is 9.43. The van der Waals surface area contributed by atoms with Gasteiger partial charge in [0.2, 0.25) is 0 Å². The van der Waals surface area contributed by atoms with E-state index in [2.05, 4.69) is 14.9 Å². The molecular formula is C22H18ClFN4O. The highest BCUT2D eigenvalue weighted by atomic mass is 35.5. The summed E-state index contributed by atoms with van der Waals surface area (Å²) < 4.78 is 13.4. The molecule has 0 atom stereocenters. The van der Waals surface area contributed by atoms with Crippen LogP contribution in [0.4, 0.5) is 4.39 Å². The summed E-state index contributed by atoms with van der Waals surface area (Å²) in [6.07, 6.45) is 2.61. The van der Waals surface area contributed by atoms with Crippen molar-refractivity contribution >= 4 is 22.5 Å². The lowest BCUT2D eigenvalue weighted by Gasteiger charge is -2.27. The Labute approximate surface area is 171 Å². The third-order valence-electron chi connectivity index (χ3n) is 5.39. The largest absolute Gasteiger partial charge is 0.361 e. The molecule has 0 fully saturated rings. The van der Waals surface area contributed by atoms with Crippen molar-refractivity contribution in [3.05, 3.63) is 86.7 Å². The second-order valence-electron chi connectivity index (χ2n) is 7.31. The molecule has 0 spiro atoms. The summed E-state index contributed by atoms with van der Waals surface area (Å²) >= 11 is 5.95. The van der Waals surface area contributed by atoms with Crippen molar-refractivity contribution in [1.82, 2.24) is 19.9 Å². The van der Waals surface area contributed by atoms with Crippen molar-refractivity contribution in [2.24, 2.45) is 0 Å². The van der Waals surface area contributed by atoms with E-state index in [0.29, 0.717) is 35.9 Å². The first kappa shape index (κ1) is 18.1. The van der Waals surface area contributed by atoms with Crippen LogP contribution in [-0.4, -0.2) is 26.4 Å². The molecule has 1 aliphatic rings. The number of benzene rings is 2. The van der Waals surface area contributed by atoms with Crippen LogP contribution < -0.4 is 5.56 Å². The fraction of sp³-hybridized carbons (Fsp3) is 0.182. The van der Waals surface area contributed by atoms with Crippen LogP contribution in [0.2, 0.25) is 5.02 Å². The Balaban J connectivity index is 1.40. The molecule has 146 valence electrons. The number of fused-ring (bicyclic) bond motifs is 2. The Kier molecular flexibility index (Phi) is 4.45. The summed E-state index contributed by atoms with van der Waals surface area (Å²) in [6.45, 7) is 2.02.